The first kappa shape index (κ1) is 25.8. The van der Waals surface area contributed by atoms with E-state index >= 15 is 0 Å². The van der Waals surface area contributed by atoms with Crippen molar-refractivity contribution in [3.8, 4) is 5.75 Å². The van der Waals surface area contributed by atoms with Gasteiger partial charge in [-0.05, 0) is 78.3 Å². The zero-order chi connectivity index (χ0) is 25.9. The molecule has 0 radical (unpaired) electrons. The maximum Gasteiger partial charge on any atom is 0.323 e. The fourth-order valence-corrected chi connectivity index (χ4v) is 4.91. The van der Waals surface area contributed by atoms with Crippen molar-refractivity contribution in [2.24, 2.45) is 0 Å². The van der Waals surface area contributed by atoms with Gasteiger partial charge in [-0.15, -0.1) is 0 Å². The Kier molecular flexibility index (Phi) is 7.70. The number of aliphatic carboxylic acids is 1. The molecule has 4 rings (SSSR count). The van der Waals surface area contributed by atoms with Crippen LogP contribution in [0, 0.1) is 0 Å². The van der Waals surface area contributed by atoms with Gasteiger partial charge in [0, 0.05) is 23.6 Å². The number of carbonyl (C=O) groups is 2. The number of hydrogen-bond donors (Lipinski definition) is 1. The second-order valence-corrected chi connectivity index (χ2v) is 10.6. The van der Waals surface area contributed by atoms with Crippen LogP contribution in [0.4, 0.5) is 0 Å². The van der Waals surface area contributed by atoms with Crippen molar-refractivity contribution in [1.82, 2.24) is 4.90 Å². The van der Waals surface area contributed by atoms with E-state index in [0.717, 1.165) is 36.1 Å². The van der Waals surface area contributed by atoms with E-state index in [0.29, 0.717) is 16.5 Å². The molecule has 1 aliphatic heterocycles. The Hall–Kier alpha value is -3.31. The third kappa shape index (κ3) is 6.27. The molecule has 1 aliphatic rings. The minimum absolute atomic E-state index is 0.160. The number of benzene rings is 3. The first-order chi connectivity index (χ1) is 17.1. The lowest BCUT2D eigenvalue weighted by atomic mass is 9.86. The lowest BCUT2D eigenvalue weighted by Crippen LogP contribution is -2.39. The first-order valence-corrected chi connectivity index (χ1v) is 12.7. The summed E-state index contributed by atoms with van der Waals surface area (Å²) < 4.78 is 6.44. The molecule has 1 atom stereocenters. The zero-order valence-corrected chi connectivity index (χ0v) is 21.7. The SMILES string of the molecule is CC(C)c1ccc(C[C@]2(C)CCc3cc(C(=O)N(CC(=O)O)Cc4cccc(Cl)c4)ccc3O2)cc1. The summed E-state index contributed by atoms with van der Waals surface area (Å²) in [5.74, 6) is -0.123. The molecule has 6 heteroatoms. The highest BCUT2D eigenvalue weighted by molar-refractivity contribution is 6.30. The summed E-state index contributed by atoms with van der Waals surface area (Å²) >= 11 is 6.07. The van der Waals surface area contributed by atoms with Crippen LogP contribution in [-0.4, -0.2) is 34.0 Å². The Morgan fingerprint density at radius 3 is 2.47 bits per heavy atom. The molecule has 36 heavy (non-hydrogen) atoms. The maximum atomic E-state index is 13.3. The molecule has 1 heterocycles. The number of fused-ring (bicyclic) bond motifs is 1. The summed E-state index contributed by atoms with van der Waals surface area (Å²) in [6, 6.07) is 21.2. The van der Waals surface area contributed by atoms with Gasteiger partial charge >= 0.3 is 5.97 Å². The maximum absolute atomic E-state index is 13.3. The molecule has 3 aromatic rings. The lowest BCUT2D eigenvalue weighted by molar-refractivity contribution is -0.137. The summed E-state index contributed by atoms with van der Waals surface area (Å²) in [7, 11) is 0. The second-order valence-electron chi connectivity index (χ2n) is 10.1. The Labute approximate surface area is 217 Å². The van der Waals surface area contributed by atoms with Gasteiger partial charge in [-0.25, -0.2) is 0 Å². The number of carbonyl (C=O) groups excluding carboxylic acids is 1. The van der Waals surface area contributed by atoms with E-state index in [9.17, 15) is 14.7 Å². The van der Waals surface area contributed by atoms with Crippen molar-refractivity contribution >= 4 is 23.5 Å². The number of carboxylic acids is 1. The Morgan fingerprint density at radius 1 is 1.06 bits per heavy atom. The van der Waals surface area contributed by atoms with E-state index < -0.39 is 12.5 Å². The molecular formula is C30H32ClNO4. The summed E-state index contributed by atoms with van der Waals surface area (Å²) in [5.41, 5.74) is 4.42. The van der Waals surface area contributed by atoms with Crippen molar-refractivity contribution < 1.29 is 19.4 Å². The highest BCUT2D eigenvalue weighted by Gasteiger charge is 2.32. The number of ether oxygens (including phenoxy) is 1. The molecule has 0 aliphatic carbocycles. The average molecular weight is 506 g/mol. The molecule has 3 aromatic carbocycles. The van der Waals surface area contributed by atoms with Crippen LogP contribution < -0.4 is 4.74 Å². The topological polar surface area (TPSA) is 66.8 Å². The van der Waals surface area contributed by atoms with E-state index in [1.54, 1.807) is 24.3 Å². The lowest BCUT2D eigenvalue weighted by Gasteiger charge is -2.36. The number of rotatable bonds is 8. The van der Waals surface area contributed by atoms with Crippen LogP contribution in [-0.2, 0) is 24.2 Å². The number of nitrogens with zero attached hydrogens (tertiary/aromatic N) is 1. The quantitative estimate of drug-likeness (QED) is 0.378. The molecule has 1 N–H and O–H groups in total. The third-order valence-corrected chi connectivity index (χ3v) is 6.92. The van der Waals surface area contributed by atoms with Crippen LogP contribution in [0.5, 0.6) is 5.75 Å². The van der Waals surface area contributed by atoms with Gasteiger partial charge in [0.25, 0.3) is 5.91 Å². The van der Waals surface area contributed by atoms with Crippen LogP contribution in [0.25, 0.3) is 0 Å². The zero-order valence-electron chi connectivity index (χ0n) is 21.0. The highest BCUT2D eigenvalue weighted by atomic mass is 35.5. The molecular weight excluding hydrogens is 474 g/mol. The van der Waals surface area contributed by atoms with Gasteiger partial charge in [0.05, 0.1) is 0 Å². The smallest absolute Gasteiger partial charge is 0.323 e. The van der Waals surface area contributed by atoms with E-state index in [1.807, 2.05) is 18.2 Å². The van der Waals surface area contributed by atoms with Gasteiger partial charge < -0.3 is 14.7 Å². The van der Waals surface area contributed by atoms with Crippen molar-refractivity contribution in [2.45, 2.75) is 58.1 Å². The fourth-order valence-electron chi connectivity index (χ4n) is 4.70. The molecule has 0 spiro atoms. The summed E-state index contributed by atoms with van der Waals surface area (Å²) in [6.45, 7) is 6.27. The predicted molar refractivity (Wildman–Crippen MR) is 142 cm³/mol. The molecule has 1 amide bonds. The largest absolute Gasteiger partial charge is 0.487 e. The molecule has 0 saturated carbocycles. The van der Waals surface area contributed by atoms with Crippen molar-refractivity contribution in [3.63, 3.8) is 0 Å². The summed E-state index contributed by atoms with van der Waals surface area (Å²) in [6.07, 6.45) is 2.41. The van der Waals surface area contributed by atoms with Crippen LogP contribution in [0.15, 0.2) is 66.7 Å². The van der Waals surface area contributed by atoms with Gasteiger partial charge in [0.15, 0.2) is 0 Å². The van der Waals surface area contributed by atoms with Gasteiger partial charge in [-0.2, -0.15) is 0 Å². The molecule has 0 aromatic heterocycles. The monoisotopic (exact) mass is 505 g/mol. The van der Waals surface area contributed by atoms with Gasteiger partial charge in [-0.3, -0.25) is 9.59 Å². The molecule has 0 bridgehead atoms. The standard InChI is InChI=1S/C30H32ClNO4/c1-20(2)23-9-7-21(8-10-23)17-30(3)14-13-24-16-25(11-12-27(24)36-30)29(35)32(19-28(33)34)18-22-5-4-6-26(31)15-22/h4-12,15-16,20H,13-14,17-19H2,1-3H3,(H,33,34)/t30-/m0/s1. The van der Waals surface area contributed by atoms with Crippen LogP contribution >= 0.6 is 11.6 Å². The van der Waals surface area contributed by atoms with Crippen molar-refractivity contribution in [2.75, 3.05) is 6.54 Å². The molecule has 0 unspecified atom stereocenters. The number of hydrogen-bond acceptors (Lipinski definition) is 3. The number of halogens is 1. The highest BCUT2D eigenvalue weighted by Crippen LogP contribution is 2.36. The van der Waals surface area contributed by atoms with Gasteiger partial charge in [0.2, 0.25) is 0 Å². The number of amides is 1. The summed E-state index contributed by atoms with van der Waals surface area (Å²) in [4.78, 5) is 26.1. The normalized spacial score (nSPS) is 16.8. The van der Waals surface area contributed by atoms with Gasteiger partial charge in [-0.1, -0.05) is 61.8 Å². The Bertz CT molecular complexity index is 1250. The Balaban J connectivity index is 1.49. The molecule has 188 valence electrons. The minimum Gasteiger partial charge on any atom is -0.487 e. The van der Waals surface area contributed by atoms with E-state index in [4.69, 9.17) is 16.3 Å². The Morgan fingerprint density at radius 2 is 1.81 bits per heavy atom. The molecule has 5 nitrogen and oxygen atoms in total. The van der Waals surface area contributed by atoms with Crippen LogP contribution in [0.3, 0.4) is 0 Å². The van der Waals surface area contributed by atoms with E-state index in [2.05, 4.69) is 45.0 Å². The van der Waals surface area contributed by atoms with Gasteiger partial charge in [0.1, 0.15) is 17.9 Å². The molecule has 0 saturated heterocycles. The molecule has 0 fully saturated rings. The van der Waals surface area contributed by atoms with E-state index in [1.165, 1.54) is 16.0 Å². The van der Waals surface area contributed by atoms with Crippen molar-refractivity contribution in [1.29, 1.82) is 0 Å². The third-order valence-electron chi connectivity index (χ3n) is 6.69. The minimum atomic E-state index is -1.07. The fraction of sp³-hybridized carbons (Fsp3) is 0.333. The number of aryl methyl sites for hydroxylation is 1. The van der Waals surface area contributed by atoms with E-state index in [-0.39, 0.29) is 18.1 Å². The number of carboxylic acid groups (broad SMARTS) is 1. The predicted octanol–water partition coefficient (Wildman–Crippen LogP) is 6.52. The van der Waals surface area contributed by atoms with Crippen LogP contribution in [0.2, 0.25) is 5.02 Å². The second kappa shape index (κ2) is 10.8. The van der Waals surface area contributed by atoms with Crippen LogP contribution in [0.1, 0.15) is 65.7 Å². The summed E-state index contributed by atoms with van der Waals surface area (Å²) in [5, 5.41) is 9.93. The average Bonchev–Trinajstić information content (AvgIpc) is 2.83. The van der Waals surface area contributed by atoms with Crippen molar-refractivity contribution in [3.05, 3.63) is 99.6 Å². The first-order valence-electron chi connectivity index (χ1n) is 12.3.